The van der Waals surface area contributed by atoms with Crippen molar-refractivity contribution in [3.05, 3.63) is 11.6 Å². The lowest BCUT2D eigenvalue weighted by atomic mass is 10.1. The maximum atomic E-state index is 11.3. The van der Waals surface area contributed by atoms with E-state index in [0.29, 0.717) is 12.2 Å². The Morgan fingerprint density at radius 3 is 2.53 bits per heavy atom. The van der Waals surface area contributed by atoms with Crippen LogP contribution in [0.1, 0.15) is 59.3 Å². The molecule has 3 heteroatoms. The first-order chi connectivity index (χ1) is 8.11. The average molecular weight is 242 g/mol. The molecular weight excluding hydrogens is 216 g/mol. The van der Waals surface area contributed by atoms with Crippen molar-refractivity contribution < 1.29 is 14.6 Å². The zero-order chi connectivity index (χ0) is 13.1. The number of carbonyl (C=O) groups excluding carboxylic acids is 1. The molecule has 0 spiro atoms. The second-order valence-corrected chi connectivity index (χ2v) is 4.40. The molecule has 0 saturated heterocycles. The van der Waals surface area contributed by atoms with Gasteiger partial charge in [0.2, 0.25) is 0 Å². The fourth-order valence-corrected chi connectivity index (χ4v) is 1.46. The lowest BCUT2D eigenvalue weighted by Crippen LogP contribution is -2.09. The van der Waals surface area contributed by atoms with Crippen molar-refractivity contribution in [3.63, 3.8) is 0 Å². The number of unbranched alkanes of at least 4 members (excludes halogenated alkanes) is 2. The zero-order valence-corrected chi connectivity index (χ0v) is 11.4. The number of ether oxygens (including phenoxy) is 1. The molecule has 3 nitrogen and oxygen atoms in total. The first-order valence-electron chi connectivity index (χ1n) is 6.59. The summed E-state index contributed by atoms with van der Waals surface area (Å²) >= 11 is 0. The van der Waals surface area contributed by atoms with Crippen LogP contribution in [0.5, 0.6) is 0 Å². The molecule has 100 valence electrons. The summed E-state index contributed by atoms with van der Waals surface area (Å²) in [4.78, 5) is 11.3. The van der Waals surface area contributed by atoms with Gasteiger partial charge in [-0.05, 0) is 39.5 Å². The summed E-state index contributed by atoms with van der Waals surface area (Å²) < 4.78 is 5.07. The number of hydrogen-bond acceptors (Lipinski definition) is 3. The lowest BCUT2D eigenvalue weighted by molar-refractivity contribution is -0.139. The van der Waals surface area contributed by atoms with E-state index < -0.39 is 0 Å². The Bertz CT molecular complexity index is 234. The molecule has 0 aromatic heterocycles. The maximum absolute atomic E-state index is 11.3. The fourth-order valence-electron chi connectivity index (χ4n) is 1.46. The molecule has 1 atom stereocenters. The molecule has 0 amide bonds. The molecule has 0 aliphatic carbocycles. The van der Waals surface area contributed by atoms with E-state index in [-0.39, 0.29) is 12.1 Å². The van der Waals surface area contributed by atoms with Crippen LogP contribution in [-0.4, -0.2) is 23.8 Å². The van der Waals surface area contributed by atoms with Crippen molar-refractivity contribution in [1.82, 2.24) is 0 Å². The van der Waals surface area contributed by atoms with Gasteiger partial charge in [-0.3, -0.25) is 0 Å². The van der Waals surface area contributed by atoms with Gasteiger partial charge in [-0.2, -0.15) is 0 Å². The van der Waals surface area contributed by atoms with Gasteiger partial charge in [-0.25, -0.2) is 4.79 Å². The minimum atomic E-state index is -0.237. The first kappa shape index (κ1) is 16.2. The topological polar surface area (TPSA) is 46.5 Å². The Morgan fingerprint density at radius 1 is 1.29 bits per heavy atom. The fraction of sp³-hybridized carbons (Fsp3) is 0.786. The van der Waals surface area contributed by atoms with Gasteiger partial charge in [-0.1, -0.05) is 25.8 Å². The van der Waals surface area contributed by atoms with Crippen LogP contribution in [0.4, 0.5) is 0 Å². The molecule has 0 heterocycles. The molecule has 17 heavy (non-hydrogen) atoms. The van der Waals surface area contributed by atoms with Gasteiger partial charge in [0, 0.05) is 5.57 Å². The predicted molar refractivity (Wildman–Crippen MR) is 69.8 cm³/mol. The molecule has 0 aliphatic rings. The van der Waals surface area contributed by atoms with Crippen LogP contribution in [0.3, 0.4) is 0 Å². The molecule has 0 aromatic rings. The highest BCUT2D eigenvalue weighted by Crippen LogP contribution is 2.08. The van der Waals surface area contributed by atoms with Gasteiger partial charge in [0.1, 0.15) is 0 Å². The number of esters is 1. The summed E-state index contributed by atoms with van der Waals surface area (Å²) in [5.41, 5.74) is 0.646. The molecule has 0 bridgehead atoms. The van der Waals surface area contributed by atoms with Crippen molar-refractivity contribution in [3.8, 4) is 0 Å². The van der Waals surface area contributed by atoms with E-state index in [4.69, 9.17) is 4.74 Å². The van der Waals surface area contributed by atoms with Crippen LogP contribution in [0.25, 0.3) is 0 Å². The normalized spacial score (nSPS) is 13.5. The van der Waals surface area contributed by atoms with Gasteiger partial charge >= 0.3 is 5.97 Å². The van der Waals surface area contributed by atoms with Crippen LogP contribution < -0.4 is 0 Å². The quantitative estimate of drug-likeness (QED) is 0.383. The van der Waals surface area contributed by atoms with E-state index in [0.717, 1.165) is 38.5 Å². The second kappa shape index (κ2) is 10.3. The molecule has 1 N–H and O–H groups in total. The Balaban J connectivity index is 3.43. The number of rotatable bonds is 9. The molecule has 0 fully saturated rings. The largest absolute Gasteiger partial charge is 0.462 e. The summed E-state index contributed by atoms with van der Waals surface area (Å²) in [6.45, 7) is 6.14. The van der Waals surface area contributed by atoms with Gasteiger partial charge in [0.25, 0.3) is 0 Å². The Morgan fingerprint density at radius 2 is 1.94 bits per heavy atom. The van der Waals surface area contributed by atoms with E-state index in [1.807, 2.05) is 6.92 Å². The predicted octanol–water partition coefficient (Wildman–Crippen LogP) is 3.22. The maximum Gasteiger partial charge on any atom is 0.333 e. The zero-order valence-electron chi connectivity index (χ0n) is 11.4. The monoisotopic (exact) mass is 242 g/mol. The van der Waals surface area contributed by atoms with Crippen molar-refractivity contribution in [1.29, 1.82) is 0 Å². The van der Waals surface area contributed by atoms with Crippen LogP contribution in [0, 0.1) is 0 Å². The summed E-state index contributed by atoms with van der Waals surface area (Å²) in [5.74, 6) is -0.237. The third-order valence-electron chi connectivity index (χ3n) is 2.81. The van der Waals surface area contributed by atoms with Gasteiger partial charge in [0.15, 0.2) is 0 Å². The van der Waals surface area contributed by atoms with Crippen LogP contribution in [-0.2, 0) is 9.53 Å². The number of allylic oxidation sites excluding steroid dienone is 1. The SMILES string of the molecule is CC=C(C)C(=O)OCCCCC(O)CCCC. The van der Waals surface area contributed by atoms with Crippen LogP contribution in [0.2, 0.25) is 0 Å². The molecule has 0 radical (unpaired) electrons. The molecule has 0 aliphatic heterocycles. The Labute approximate surface area is 105 Å². The molecule has 0 saturated carbocycles. The summed E-state index contributed by atoms with van der Waals surface area (Å²) in [5, 5.41) is 9.60. The highest BCUT2D eigenvalue weighted by atomic mass is 16.5. The third kappa shape index (κ3) is 8.93. The first-order valence-corrected chi connectivity index (χ1v) is 6.59. The average Bonchev–Trinajstić information content (AvgIpc) is 2.34. The molecular formula is C14H26O3. The highest BCUT2D eigenvalue weighted by Gasteiger charge is 2.05. The smallest absolute Gasteiger partial charge is 0.333 e. The summed E-state index contributed by atoms with van der Waals surface area (Å²) in [6, 6.07) is 0. The molecule has 1 unspecified atom stereocenters. The van der Waals surface area contributed by atoms with E-state index in [1.54, 1.807) is 13.0 Å². The number of aliphatic hydroxyl groups excluding tert-OH is 1. The summed E-state index contributed by atoms with van der Waals surface area (Å²) in [6.07, 6.45) is 7.18. The number of hydrogen-bond donors (Lipinski definition) is 1. The van der Waals surface area contributed by atoms with E-state index in [9.17, 15) is 9.90 Å². The van der Waals surface area contributed by atoms with Crippen LogP contribution >= 0.6 is 0 Å². The highest BCUT2D eigenvalue weighted by molar-refractivity contribution is 5.87. The van der Waals surface area contributed by atoms with E-state index >= 15 is 0 Å². The van der Waals surface area contributed by atoms with Crippen molar-refractivity contribution in [2.24, 2.45) is 0 Å². The van der Waals surface area contributed by atoms with Crippen LogP contribution in [0.15, 0.2) is 11.6 Å². The van der Waals surface area contributed by atoms with Gasteiger partial charge in [0.05, 0.1) is 12.7 Å². The summed E-state index contributed by atoms with van der Waals surface area (Å²) in [7, 11) is 0. The van der Waals surface area contributed by atoms with E-state index in [2.05, 4.69) is 6.92 Å². The Hall–Kier alpha value is -0.830. The standard InChI is InChI=1S/C14H26O3/c1-4-6-9-13(15)10-7-8-11-17-14(16)12(3)5-2/h5,13,15H,4,6-11H2,1-3H3. The third-order valence-corrected chi connectivity index (χ3v) is 2.81. The van der Waals surface area contributed by atoms with Crippen molar-refractivity contribution in [2.75, 3.05) is 6.61 Å². The van der Waals surface area contributed by atoms with Gasteiger partial charge in [-0.15, -0.1) is 0 Å². The van der Waals surface area contributed by atoms with Gasteiger partial charge < -0.3 is 9.84 Å². The number of aliphatic hydroxyl groups is 1. The Kier molecular flexibility index (Phi) is 9.83. The lowest BCUT2D eigenvalue weighted by Gasteiger charge is -2.09. The number of carbonyl (C=O) groups is 1. The minimum absolute atomic E-state index is 0.192. The second-order valence-electron chi connectivity index (χ2n) is 4.40. The molecule has 0 aromatic carbocycles. The minimum Gasteiger partial charge on any atom is -0.462 e. The van der Waals surface area contributed by atoms with Crippen molar-refractivity contribution in [2.45, 2.75) is 65.4 Å². The van der Waals surface area contributed by atoms with E-state index in [1.165, 1.54) is 0 Å². The van der Waals surface area contributed by atoms with Crippen molar-refractivity contribution >= 4 is 5.97 Å². The molecule has 0 rings (SSSR count).